The zero-order valence-corrected chi connectivity index (χ0v) is 14.3. The minimum atomic E-state index is 0.508. The highest BCUT2D eigenvalue weighted by Gasteiger charge is 2.09. The molecule has 0 radical (unpaired) electrons. The predicted octanol–water partition coefficient (Wildman–Crippen LogP) is 3.95. The van der Waals surface area contributed by atoms with Gasteiger partial charge in [-0.2, -0.15) is 5.10 Å². The summed E-state index contributed by atoms with van der Waals surface area (Å²) >= 11 is 3.49. The Morgan fingerprint density at radius 2 is 2.05 bits per heavy atom. The maximum absolute atomic E-state index is 5.99. The van der Waals surface area contributed by atoms with Gasteiger partial charge in [-0.3, -0.25) is 4.68 Å². The summed E-state index contributed by atoms with van der Waals surface area (Å²) < 4.78 is 13.2. The van der Waals surface area contributed by atoms with E-state index in [-0.39, 0.29) is 0 Å². The second kappa shape index (κ2) is 7.50. The molecule has 0 saturated carbocycles. The van der Waals surface area contributed by atoms with Crippen LogP contribution in [0.2, 0.25) is 0 Å². The van der Waals surface area contributed by atoms with Crippen molar-refractivity contribution in [3.63, 3.8) is 0 Å². The molecule has 21 heavy (non-hydrogen) atoms. The van der Waals surface area contributed by atoms with Gasteiger partial charge in [-0.15, -0.1) is 0 Å². The van der Waals surface area contributed by atoms with Gasteiger partial charge in [-0.1, -0.05) is 28.9 Å². The second-order valence-electron chi connectivity index (χ2n) is 4.69. The lowest BCUT2D eigenvalue weighted by atomic mass is 10.2. The lowest BCUT2D eigenvalue weighted by Crippen LogP contribution is -2.07. The van der Waals surface area contributed by atoms with Crippen LogP contribution in [0.25, 0.3) is 0 Å². The first-order chi connectivity index (χ1) is 10.2. The molecule has 0 fully saturated rings. The highest BCUT2D eigenvalue weighted by atomic mass is 79.9. The van der Waals surface area contributed by atoms with E-state index in [1.807, 2.05) is 22.9 Å². The number of methoxy groups -OCH3 is 1. The van der Waals surface area contributed by atoms with Crippen LogP contribution in [0.15, 0.2) is 24.3 Å². The van der Waals surface area contributed by atoms with Gasteiger partial charge in [-0.25, -0.2) is 0 Å². The molecule has 1 aromatic heterocycles. The number of hydrogen-bond acceptors (Lipinski definition) is 3. The monoisotopic (exact) mass is 352 g/mol. The van der Waals surface area contributed by atoms with E-state index in [0.717, 1.165) is 46.7 Å². The zero-order chi connectivity index (χ0) is 15.2. The van der Waals surface area contributed by atoms with Crippen LogP contribution in [0, 0.1) is 0 Å². The van der Waals surface area contributed by atoms with Crippen molar-refractivity contribution in [2.45, 2.75) is 38.8 Å². The molecule has 0 spiro atoms. The van der Waals surface area contributed by atoms with Gasteiger partial charge in [0.2, 0.25) is 0 Å². The van der Waals surface area contributed by atoms with Crippen LogP contribution in [0.3, 0.4) is 0 Å². The molecule has 0 aliphatic carbocycles. The zero-order valence-electron chi connectivity index (χ0n) is 12.7. The van der Waals surface area contributed by atoms with Crippen LogP contribution < -0.4 is 9.47 Å². The fraction of sp³-hybridized carbons (Fsp3) is 0.438. The van der Waals surface area contributed by atoms with Gasteiger partial charge in [-0.05, 0) is 25.5 Å². The topological polar surface area (TPSA) is 36.3 Å². The number of rotatable bonds is 7. The number of hydrogen-bond donors (Lipinski definition) is 0. The molecule has 2 rings (SSSR count). The average Bonchev–Trinajstić information content (AvgIpc) is 2.94. The normalized spacial score (nSPS) is 10.7. The molecule has 0 aliphatic heterocycles. The summed E-state index contributed by atoms with van der Waals surface area (Å²) in [6.07, 6.45) is 0.936. The number of benzene rings is 1. The van der Waals surface area contributed by atoms with E-state index in [4.69, 9.17) is 9.47 Å². The van der Waals surface area contributed by atoms with Crippen LogP contribution in [0.5, 0.6) is 11.5 Å². The van der Waals surface area contributed by atoms with E-state index in [9.17, 15) is 0 Å². The molecule has 2 aromatic rings. The lowest BCUT2D eigenvalue weighted by Gasteiger charge is -2.12. The van der Waals surface area contributed by atoms with Crippen molar-refractivity contribution in [1.29, 1.82) is 0 Å². The minimum Gasteiger partial charge on any atom is -0.497 e. The van der Waals surface area contributed by atoms with E-state index < -0.39 is 0 Å². The number of halogens is 1. The van der Waals surface area contributed by atoms with Crippen molar-refractivity contribution in [1.82, 2.24) is 9.78 Å². The maximum Gasteiger partial charge on any atom is 0.130 e. The molecule has 4 nitrogen and oxygen atoms in total. The molecule has 0 unspecified atom stereocenters. The van der Waals surface area contributed by atoms with Gasteiger partial charge in [0, 0.05) is 23.5 Å². The fourth-order valence-corrected chi connectivity index (χ4v) is 2.60. The Balaban J connectivity index is 2.17. The SMILES string of the molecule is CCc1cc(COc2cc(OC)ccc2CBr)n(CC)n1. The molecule has 0 aliphatic rings. The predicted molar refractivity (Wildman–Crippen MR) is 87.2 cm³/mol. The van der Waals surface area contributed by atoms with E-state index in [0.29, 0.717) is 6.61 Å². The smallest absolute Gasteiger partial charge is 0.130 e. The highest BCUT2D eigenvalue weighted by molar-refractivity contribution is 9.08. The van der Waals surface area contributed by atoms with Gasteiger partial charge >= 0.3 is 0 Å². The number of nitrogens with zero attached hydrogens (tertiary/aromatic N) is 2. The van der Waals surface area contributed by atoms with E-state index >= 15 is 0 Å². The molecular formula is C16H21BrN2O2. The molecule has 0 atom stereocenters. The highest BCUT2D eigenvalue weighted by Crippen LogP contribution is 2.27. The average molecular weight is 353 g/mol. The molecule has 0 bridgehead atoms. The van der Waals surface area contributed by atoms with Gasteiger partial charge in [0.15, 0.2) is 0 Å². The summed E-state index contributed by atoms with van der Waals surface area (Å²) in [6.45, 7) is 5.56. The summed E-state index contributed by atoms with van der Waals surface area (Å²) in [5.74, 6) is 1.64. The summed E-state index contributed by atoms with van der Waals surface area (Å²) in [4.78, 5) is 0. The first-order valence-corrected chi connectivity index (χ1v) is 8.25. The Labute approximate surface area is 134 Å². The second-order valence-corrected chi connectivity index (χ2v) is 5.25. The van der Waals surface area contributed by atoms with E-state index in [1.54, 1.807) is 7.11 Å². The quantitative estimate of drug-likeness (QED) is 0.708. The first kappa shape index (κ1) is 15.9. The van der Waals surface area contributed by atoms with Gasteiger partial charge in [0.25, 0.3) is 0 Å². The number of ether oxygens (including phenoxy) is 2. The van der Waals surface area contributed by atoms with Crippen molar-refractivity contribution in [2.75, 3.05) is 7.11 Å². The first-order valence-electron chi connectivity index (χ1n) is 7.13. The molecule has 114 valence electrons. The third-order valence-electron chi connectivity index (χ3n) is 3.37. The Morgan fingerprint density at radius 1 is 1.24 bits per heavy atom. The van der Waals surface area contributed by atoms with Crippen LogP contribution >= 0.6 is 15.9 Å². The summed E-state index contributed by atoms with van der Waals surface area (Å²) in [5, 5.41) is 5.29. The summed E-state index contributed by atoms with van der Waals surface area (Å²) in [6, 6.07) is 7.98. The molecular weight excluding hydrogens is 332 g/mol. The Kier molecular flexibility index (Phi) is 5.67. The summed E-state index contributed by atoms with van der Waals surface area (Å²) in [7, 11) is 1.66. The fourth-order valence-electron chi connectivity index (χ4n) is 2.14. The van der Waals surface area contributed by atoms with Crippen molar-refractivity contribution in [3.8, 4) is 11.5 Å². The Hall–Kier alpha value is -1.49. The van der Waals surface area contributed by atoms with Crippen LogP contribution in [-0.2, 0) is 24.9 Å². The van der Waals surface area contributed by atoms with Crippen LogP contribution in [-0.4, -0.2) is 16.9 Å². The van der Waals surface area contributed by atoms with Crippen molar-refractivity contribution >= 4 is 15.9 Å². The van der Waals surface area contributed by atoms with Gasteiger partial charge in [0.1, 0.15) is 18.1 Å². The Morgan fingerprint density at radius 3 is 2.67 bits per heavy atom. The number of aromatic nitrogens is 2. The molecule has 1 heterocycles. The molecule has 1 aromatic carbocycles. The number of alkyl halides is 1. The molecule has 5 heteroatoms. The van der Waals surface area contributed by atoms with Gasteiger partial charge < -0.3 is 9.47 Å². The van der Waals surface area contributed by atoms with E-state index in [1.165, 1.54) is 0 Å². The van der Waals surface area contributed by atoms with Crippen molar-refractivity contribution in [2.24, 2.45) is 0 Å². The lowest BCUT2D eigenvalue weighted by molar-refractivity contribution is 0.288. The standard InChI is InChI=1S/C16H21BrN2O2/c1-4-13-8-14(19(5-2)18-13)11-21-16-9-15(20-3)7-6-12(16)10-17/h6-9H,4-5,10-11H2,1-3H3. The largest absolute Gasteiger partial charge is 0.497 e. The summed E-state index contributed by atoms with van der Waals surface area (Å²) in [5.41, 5.74) is 3.30. The van der Waals surface area contributed by atoms with Crippen LogP contribution in [0.4, 0.5) is 0 Å². The van der Waals surface area contributed by atoms with Crippen molar-refractivity contribution in [3.05, 3.63) is 41.2 Å². The maximum atomic E-state index is 5.99. The number of aryl methyl sites for hydroxylation is 2. The minimum absolute atomic E-state index is 0.508. The van der Waals surface area contributed by atoms with Crippen LogP contribution in [0.1, 0.15) is 30.8 Å². The Bertz CT molecular complexity index is 596. The van der Waals surface area contributed by atoms with Crippen molar-refractivity contribution < 1.29 is 9.47 Å². The third-order valence-corrected chi connectivity index (χ3v) is 3.97. The molecule has 0 saturated heterocycles. The van der Waals surface area contributed by atoms with E-state index in [2.05, 4.69) is 40.9 Å². The molecule has 0 amide bonds. The third kappa shape index (κ3) is 3.79. The molecule has 0 N–H and O–H groups in total. The van der Waals surface area contributed by atoms with Gasteiger partial charge in [0.05, 0.1) is 18.5 Å².